The molecular weight excluding hydrogens is 218 g/mol. The molecule has 16 heavy (non-hydrogen) atoms. The summed E-state index contributed by atoms with van der Waals surface area (Å²) >= 11 is 5.77. The highest BCUT2D eigenvalue weighted by molar-refractivity contribution is 6.17. The van der Waals surface area contributed by atoms with E-state index in [1.807, 2.05) is 0 Å². The lowest BCUT2D eigenvalue weighted by Crippen LogP contribution is -2.28. The van der Waals surface area contributed by atoms with Gasteiger partial charge < -0.3 is 4.90 Å². The van der Waals surface area contributed by atoms with Crippen LogP contribution in [0.15, 0.2) is 0 Å². The molecule has 1 unspecified atom stereocenters. The Morgan fingerprint density at radius 3 is 1.94 bits per heavy atom. The molecule has 0 amide bonds. The molecule has 0 aromatic carbocycles. The van der Waals surface area contributed by atoms with Gasteiger partial charge in [-0.25, -0.2) is 0 Å². The van der Waals surface area contributed by atoms with Gasteiger partial charge in [0.15, 0.2) is 0 Å². The maximum atomic E-state index is 5.77. The van der Waals surface area contributed by atoms with Crippen LogP contribution < -0.4 is 0 Å². The highest BCUT2D eigenvalue weighted by atomic mass is 35.5. The molecule has 0 spiro atoms. The Morgan fingerprint density at radius 1 is 0.938 bits per heavy atom. The van der Waals surface area contributed by atoms with E-state index in [4.69, 9.17) is 11.6 Å². The molecule has 0 aromatic rings. The van der Waals surface area contributed by atoms with Crippen LogP contribution in [-0.2, 0) is 0 Å². The van der Waals surface area contributed by atoms with Crippen molar-refractivity contribution in [2.75, 3.05) is 25.5 Å². The summed E-state index contributed by atoms with van der Waals surface area (Å²) in [6, 6.07) is 0. The SMILES string of the molecule is CCCCN(CCCC)CCC(C)CCCl. The number of halogens is 1. The zero-order chi connectivity index (χ0) is 12.2. The first-order chi connectivity index (χ1) is 7.74. The van der Waals surface area contributed by atoms with Gasteiger partial charge in [-0.05, 0) is 51.2 Å². The van der Waals surface area contributed by atoms with E-state index in [1.165, 1.54) is 51.7 Å². The number of unbranched alkanes of at least 4 members (excludes halogenated alkanes) is 2. The second-order valence-electron chi connectivity index (χ2n) is 4.92. The van der Waals surface area contributed by atoms with E-state index in [1.54, 1.807) is 0 Å². The third-order valence-corrected chi connectivity index (χ3v) is 3.41. The molecule has 0 aliphatic rings. The van der Waals surface area contributed by atoms with E-state index in [0.717, 1.165) is 18.2 Å². The predicted molar refractivity (Wildman–Crippen MR) is 75.4 cm³/mol. The van der Waals surface area contributed by atoms with Crippen LogP contribution in [0.4, 0.5) is 0 Å². The van der Waals surface area contributed by atoms with Crippen molar-refractivity contribution in [3.05, 3.63) is 0 Å². The lowest BCUT2D eigenvalue weighted by molar-refractivity contribution is 0.246. The smallest absolute Gasteiger partial charge is 0.0225 e. The molecule has 0 saturated heterocycles. The van der Waals surface area contributed by atoms with Gasteiger partial charge in [0.1, 0.15) is 0 Å². The van der Waals surface area contributed by atoms with Crippen LogP contribution in [0.2, 0.25) is 0 Å². The van der Waals surface area contributed by atoms with Crippen LogP contribution in [0.3, 0.4) is 0 Å². The fourth-order valence-corrected chi connectivity index (χ4v) is 2.20. The molecule has 0 aliphatic carbocycles. The largest absolute Gasteiger partial charge is 0.303 e. The van der Waals surface area contributed by atoms with Crippen LogP contribution in [0, 0.1) is 5.92 Å². The number of rotatable bonds is 11. The molecule has 0 N–H and O–H groups in total. The molecule has 0 rings (SSSR count). The quantitative estimate of drug-likeness (QED) is 0.485. The van der Waals surface area contributed by atoms with Crippen molar-refractivity contribution < 1.29 is 0 Å². The normalized spacial score (nSPS) is 13.3. The Balaban J connectivity index is 3.71. The standard InChI is InChI=1S/C14H30ClN/c1-4-6-11-16(12-7-5-2)13-9-14(3)8-10-15/h14H,4-13H2,1-3H3. The van der Waals surface area contributed by atoms with Crippen molar-refractivity contribution >= 4 is 11.6 Å². The molecule has 1 nitrogen and oxygen atoms in total. The van der Waals surface area contributed by atoms with Crippen LogP contribution in [0.25, 0.3) is 0 Å². The first-order valence-corrected chi connectivity index (χ1v) is 7.56. The zero-order valence-electron chi connectivity index (χ0n) is 11.5. The van der Waals surface area contributed by atoms with Crippen molar-refractivity contribution in [1.82, 2.24) is 4.90 Å². The maximum Gasteiger partial charge on any atom is 0.0225 e. The van der Waals surface area contributed by atoms with E-state index in [9.17, 15) is 0 Å². The number of hydrogen-bond donors (Lipinski definition) is 0. The summed E-state index contributed by atoms with van der Waals surface area (Å²) in [5.74, 6) is 1.59. The van der Waals surface area contributed by atoms with E-state index < -0.39 is 0 Å². The second-order valence-corrected chi connectivity index (χ2v) is 5.30. The Bertz CT molecular complexity index is 131. The molecule has 0 saturated carbocycles. The van der Waals surface area contributed by atoms with Crippen LogP contribution in [0.5, 0.6) is 0 Å². The van der Waals surface area contributed by atoms with Gasteiger partial charge in [0.25, 0.3) is 0 Å². The molecule has 0 aliphatic heterocycles. The van der Waals surface area contributed by atoms with Crippen molar-refractivity contribution in [3.8, 4) is 0 Å². The van der Waals surface area contributed by atoms with Crippen molar-refractivity contribution in [3.63, 3.8) is 0 Å². The van der Waals surface area contributed by atoms with Gasteiger partial charge in [-0.15, -0.1) is 11.6 Å². The summed E-state index contributed by atoms with van der Waals surface area (Å²) in [5, 5.41) is 0. The maximum absolute atomic E-state index is 5.77. The Labute approximate surface area is 108 Å². The van der Waals surface area contributed by atoms with Crippen LogP contribution >= 0.6 is 11.6 Å². The lowest BCUT2D eigenvalue weighted by atomic mass is 10.0. The number of nitrogens with zero attached hydrogens (tertiary/aromatic N) is 1. The van der Waals surface area contributed by atoms with Gasteiger partial charge in [0, 0.05) is 5.88 Å². The third-order valence-electron chi connectivity index (χ3n) is 3.20. The molecule has 0 fully saturated rings. The van der Waals surface area contributed by atoms with Crippen molar-refractivity contribution in [2.24, 2.45) is 5.92 Å². The number of hydrogen-bond acceptors (Lipinski definition) is 1. The summed E-state index contributed by atoms with van der Waals surface area (Å²) in [6.45, 7) is 10.7. The monoisotopic (exact) mass is 247 g/mol. The molecule has 1 atom stereocenters. The summed E-state index contributed by atoms with van der Waals surface area (Å²) < 4.78 is 0. The van der Waals surface area contributed by atoms with E-state index in [2.05, 4.69) is 25.7 Å². The summed E-state index contributed by atoms with van der Waals surface area (Å²) in [4.78, 5) is 2.64. The van der Waals surface area contributed by atoms with Gasteiger partial charge in [0.2, 0.25) is 0 Å². The highest BCUT2D eigenvalue weighted by Gasteiger charge is 2.07. The van der Waals surface area contributed by atoms with E-state index in [0.29, 0.717) is 0 Å². The minimum absolute atomic E-state index is 0.781. The molecule has 2 heteroatoms. The van der Waals surface area contributed by atoms with Gasteiger partial charge in [-0.1, -0.05) is 33.6 Å². The fraction of sp³-hybridized carbons (Fsp3) is 1.00. The van der Waals surface area contributed by atoms with Gasteiger partial charge >= 0.3 is 0 Å². The number of alkyl halides is 1. The summed E-state index contributed by atoms with van der Waals surface area (Å²) in [5.41, 5.74) is 0. The minimum atomic E-state index is 0.781. The lowest BCUT2D eigenvalue weighted by Gasteiger charge is -2.23. The summed E-state index contributed by atoms with van der Waals surface area (Å²) in [6.07, 6.45) is 7.76. The zero-order valence-corrected chi connectivity index (χ0v) is 12.2. The minimum Gasteiger partial charge on any atom is -0.303 e. The molecule has 0 bridgehead atoms. The first kappa shape index (κ1) is 16.2. The summed E-state index contributed by atoms with van der Waals surface area (Å²) in [7, 11) is 0. The second kappa shape index (κ2) is 11.7. The average molecular weight is 248 g/mol. The first-order valence-electron chi connectivity index (χ1n) is 7.02. The van der Waals surface area contributed by atoms with E-state index in [-0.39, 0.29) is 0 Å². The molecular formula is C14H30ClN. The third kappa shape index (κ3) is 9.47. The Morgan fingerprint density at radius 2 is 1.50 bits per heavy atom. The molecule has 98 valence electrons. The molecule has 0 radical (unpaired) electrons. The topological polar surface area (TPSA) is 3.24 Å². The van der Waals surface area contributed by atoms with Gasteiger partial charge in [-0.3, -0.25) is 0 Å². The van der Waals surface area contributed by atoms with Gasteiger partial charge in [0.05, 0.1) is 0 Å². The average Bonchev–Trinajstić information content (AvgIpc) is 2.28. The van der Waals surface area contributed by atoms with Crippen molar-refractivity contribution in [2.45, 2.75) is 59.3 Å². The molecule has 0 aromatic heterocycles. The van der Waals surface area contributed by atoms with Crippen LogP contribution in [-0.4, -0.2) is 30.4 Å². The predicted octanol–water partition coefficient (Wildman–Crippen LogP) is 4.54. The highest BCUT2D eigenvalue weighted by Crippen LogP contribution is 2.10. The molecule has 0 heterocycles. The Hall–Kier alpha value is 0.250. The Kier molecular flexibility index (Phi) is 11.9. The van der Waals surface area contributed by atoms with Crippen LogP contribution in [0.1, 0.15) is 59.3 Å². The van der Waals surface area contributed by atoms with E-state index >= 15 is 0 Å². The van der Waals surface area contributed by atoms with Crippen molar-refractivity contribution in [1.29, 1.82) is 0 Å². The fourth-order valence-electron chi connectivity index (χ4n) is 1.83. The van der Waals surface area contributed by atoms with Gasteiger partial charge in [-0.2, -0.15) is 0 Å².